The molecule has 0 fully saturated rings. The first-order valence-electron chi connectivity index (χ1n) is 6.58. The zero-order chi connectivity index (χ0) is 14.1. The Morgan fingerprint density at radius 2 is 1.55 bits per heavy atom. The summed E-state index contributed by atoms with van der Waals surface area (Å²) in [6, 6.07) is 12.5. The summed E-state index contributed by atoms with van der Waals surface area (Å²) in [5, 5.41) is 1.10. The molecule has 0 N–H and O–H groups in total. The first-order chi connectivity index (χ1) is 9.61. The molecule has 3 rings (SSSR count). The van der Waals surface area contributed by atoms with Crippen LogP contribution in [0.2, 0.25) is 0 Å². The van der Waals surface area contributed by atoms with E-state index in [9.17, 15) is 0 Å². The van der Waals surface area contributed by atoms with Crippen molar-refractivity contribution in [1.29, 1.82) is 0 Å². The minimum absolute atomic E-state index is 1.01. The van der Waals surface area contributed by atoms with Gasteiger partial charge in [0.25, 0.3) is 0 Å². The molecule has 2 heteroatoms. The summed E-state index contributed by atoms with van der Waals surface area (Å²) >= 11 is 1.72. The van der Waals surface area contributed by atoms with Gasteiger partial charge in [-0.3, -0.25) is 0 Å². The van der Waals surface area contributed by atoms with Crippen molar-refractivity contribution >= 4 is 21.6 Å². The molecule has 0 bridgehead atoms. The van der Waals surface area contributed by atoms with Crippen molar-refractivity contribution in [2.75, 3.05) is 0 Å². The monoisotopic (exact) mass is 277 g/mol. The van der Waals surface area contributed by atoms with Gasteiger partial charge in [-0.2, -0.15) is 0 Å². The molecule has 98 valence electrons. The van der Waals surface area contributed by atoms with E-state index >= 15 is 0 Å². The van der Waals surface area contributed by atoms with Gasteiger partial charge in [-0.1, -0.05) is 17.9 Å². The van der Waals surface area contributed by atoms with E-state index in [-0.39, 0.29) is 0 Å². The second-order valence-corrected chi connectivity index (χ2v) is 6.20. The highest BCUT2D eigenvalue weighted by atomic mass is 32.1. The number of aromatic nitrogens is 1. The Morgan fingerprint density at radius 1 is 0.850 bits per heavy atom. The quantitative estimate of drug-likeness (QED) is 0.546. The van der Waals surface area contributed by atoms with Crippen molar-refractivity contribution in [1.82, 2.24) is 4.98 Å². The van der Waals surface area contributed by atoms with E-state index in [0.717, 1.165) is 21.7 Å². The maximum Gasteiger partial charge on any atom is 0.0907 e. The number of hydrogen-bond acceptors (Lipinski definition) is 2. The predicted molar refractivity (Wildman–Crippen MR) is 86.3 cm³/mol. The second kappa shape index (κ2) is 5.11. The summed E-state index contributed by atoms with van der Waals surface area (Å²) in [5.74, 6) is 6.45. The van der Waals surface area contributed by atoms with Crippen LogP contribution in [-0.4, -0.2) is 4.98 Å². The number of fused-ring (bicyclic) bond motifs is 1. The number of hydrogen-bond donors (Lipinski definition) is 0. The number of rotatable bonds is 0. The molecule has 0 saturated carbocycles. The van der Waals surface area contributed by atoms with Gasteiger partial charge in [-0.15, -0.1) is 11.3 Å². The Bertz CT molecular complexity index is 847. The minimum Gasteiger partial charge on any atom is -0.241 e. The first kappa shape index (κ1) is 12.9. The second-order valence-electron chi connectivity index (χ2n) is 4.96. The number of aryl methyl sites for hydroxylation is 3. The van der Waals surface area contributed by atoms with Gasteiger partial charge in [0.15, 0.2) is 0 Å². The van der Waals surface area contributed by atoms with Crippen molar-refractivity contribution in [2.24, 2.45) is 0 Å². The lowest BCUT2D eigenvalue weighted by Gasteiger charge is -1.98. The summed E-state index contributed by atoms with van der Waals surface area (Å²) in [5.41, 5.74) is 5.69. The molecule has 1 heterocycles. The summed E-state index contributed by atoms with van der Waals surface area (Å²) < 4.78 is 1.22. The Labute approximate surface area is 123 Å². The summed E-state index contributed by atoms with van der Waals surface area (Å²) in [4.78, 5) is 4.51. The van der Waals surface area contributed by atoms with E-state index in [1.54, 1.807) is 11.3 Å². The van der Waals surface area contributed by atoms with Gasteiger partial charge in [0.1, 0.15) is 0 Å². The van der Waals surface area contributed by atoms with Crippen LogP contribution in [0, 0.1) is 32.6 Å². The topological polar surface area (TPSA) is 12.9 Å². The normalized spacial score (nSPS) is 10.3. The fourth-order valence-corrected chi connectivity index (χ4v) is 2.89. The molecule has 2 aromatic carbocycles. The summed E-state index contributed by atoms with van der Waals surface area (Å²) in [6.45, 7) is 6.26. The van der Waals surface area contributed by atoms with Crippen molar-refractivity contribution in [3.05, 3.63) is 63.7 Å². The van der Waals surface area contributed by atoms with Crippen molar-refractivity contribution in [3.8, 4) is 11.8 Å². The van der Waals surface area contributed by atoms with E-state index in [1.165, 1.54) is 15.8 Å². The average molecular weight is 277 g/mol. The summed E-state index contributed by atoms with van der Waals surface area (Å²) in [6.07, 6.45) is 0. The van der Waals surface area contributed by atoms with Crippen molar-refractivity contribution in [3.63, 3.8) is 0 Å². The molecule has 0 aliphatic carbocycles. The van der Waals surface area contributed by atoms with Gasteiger partial charge in [0.05, 0.1) is 15.2 Å². The third-order valence-electron chi connectivity index (χ3n) is 3.35. The maximum atomic E-state index is 4.51. The van der Waals surface area contributed by atoms with Gasteiger partial charge in [0.2, 0.25) is 0 Å². The van der Waals surface area contributed by atoms with Crippen LogP contribution in [0.3, 0.4) is 0 Å². The Morgan fingerprint density at radius 3 is 2.30 bits per heavy atom. The molecule has 0 saturated heterocycles. The lowest BCUT2D eigenvalue weighted by molar-refractivity contribution is 1.33. The molecule has 0 aliphatic heterocycles. The molecule has 0 radical (unpaired) electrons. The number of nitrogens with zero attached hydrogens (tertiary/aromatic N) is 1. The minimum atomic E-state index is 1.01. The maximum absolute atomic E-state index is 4.51. The molecule has 0 spiro atoms. The smallest absolute Gasteiger partial charge is 0.0907 e. The van der Waals surface area contributed by atoms with Crippen LogP contribution in [0.4, 0.5) is 0 Å². The highest BCUT2D eigenvalue weighted by molar-refractivity contribution is 7.18. The van der Waals surface area contributed by atoms with E-state index in [4.69, 9.17) is 0 Å². The molecule has 1 nitrogen and oxygen atoms in total. The number of thiazole rings is 1. The molecule has 0 amide bonds. The van der Waals surface area contributed by atoms with Gasteiger partial charge in [-0.05, 0) is 62.2 Å². The van der Waals surface area contributed by atoms with E-state index < -0.39 is 0 Å². The molecule has 20 heavy (non-hydrogen) atoms. The largest absolute Gasteiger partial charge is 0.241 e. The first-order valence-corrected chi connectivity index (χ1v) is 7.40. The Kier molecular flexibility index (Phi) is 3.30. The fraction of sp³-hybridized carbons (Fsp3) is 0.167. The highest BCUT2D eigenvalue weighted by Crippen LogP contribution is 2.22. The van der Waals surface area contributed by atoms with Crippen LogP contribution in [0.15, 0.2) is 36.4 Å². The van der Waals surface area contributed by atoms with Gasteiger partial charge in [0, 0.05) is 11.1 Å². The highest BCUT2D eigenvalue weighted by Gasteiger charge is 2.00. The predicted octanol–water partition coefficient (Wildman–Crippen LogP) is 4.62. The zero-order valence-corrected chi connectivity index (χ0v) is 12.6. The molecule has 0 atom stereocenters. The van der Waals surface area contributed by atoms with E-state index in [0.29, 0.717) is 0 Å². The van der Waals surface area contributed by atoms with Gasteiger partial charge in [-0.25, -0.2) is 4.98 Å². The molecular formula is C18H15NS. The van der Waals surface area contributed by atoms with Crippen LogP contribution < -0.4 is 0 Å². The van der Waals surface area contributed by atoms with Crippen molar-refractivity contribution in [2.45, 2.75) is 20.8 Å². The fourth-order valence-electron chi connectivity index (χ4n) is 2.08. The average Bonchev–Trinajstić information content (AvgIpc) is 2.79. The SMILES string of the molecule is Cc1nc2cc(C#Cc3ccc(C)c(C)c3)ccc2s1. The molecular weight excluding hydrogens is 262 g/mol. The third kappa shape index (κ3) is 2.59. The van der Waals surface area contributed by atoms with Gasteiger partial charge >= 0.3 is 0 Å². The standard InChI is InChI=1S/C18H15NS/c1-12-4-5-15(10-13(12)2)6-7-16-8-9-18-17(11-16)19-14(3)20-18/h4-5,8-11H,1-3H3. The summed E-state index contributed by atoms with van der Waals surface area (Å²) in [7, 11) is 0. The third-order valence-corrected chi connectivity index (χ3v) is 4.30. The zero-order valence-electron chi connectivity index (χ0n) is 11.8. The van der Waals surface area contributed by atoms with E-state index in [1.807, 2.05) is 6.92 Å². The van der Waals surface area contributed by atoms with Crippen LogP contribution in [0.1, 0.15) is 27.3 Å². The Balaban J connectivity index is 1.96. The lowest BCUT2D eigenvalue weighted by Crippen LogP contribution is -1.82. The molecule has 3 aromatic rings. The molecule has 1 aromatic heterocycles. The Hall–Kier alpha value is -2.11. The number of benzene rings is 2. The molecule has 0 unspecified atom stereocenters. The van der Waals surface area contributed by atoms with Crippen LogP contribution in [0.5, 0.6) is 0 Å². The van der Waals surface area contributed by atoms with Crippen LogP contribution in [-0.2, 0) is 0 Å². The lowest BCUT2D eigenvalue weighted by atomic mass is 10.1. The molecule has 0 aliphatic rings. The van der Waals surface area contributed by atoms with Crippen LogP contribution in [0.25, 0.3) is 10.2 Å². The van der Waals surface area contributed by atoms with Gasteiger partial charge < -0.3 is 0 Å². The van der Waals surface area contributed by atoms with Crippen LogP contribution >= 0.6 is 11.3 Å². The van der Waals surface area contributed by atoms with E-state index in [2.05, 4.69) is 67.1 Å². The van der Waals surface area contributed by atoms with Crippen molar-refractivity contribution < 1.29 is 0 Å².